The van der Waals surface area contributed by atoms with Crippen LogP contribution in [-0.4, -0.2) is 33.7 Å². The molecule has 0 bridgehead atoms. The summed E-state index contributed by atoms with van der Waals surface area (Å²) >= 11 is 11.0. The van der Waals surface area contributed by atoms with Crippen molar-refractivity contribution in [3.8, 4) is 0 Å². The first-order chi connectivity index (χ1) is 13.4. The Morgan fingerprint density at radius 1 is 1.04 bits per heavy atom. The highest BCUT2D eigenvalue weighted by Gasteiger charge is 2.24. The van der Waals surface area contributed by atoms with Crippen LogP contribution in [0.25, 0.3) is 0 Å². The van der Waals surface area contributed by atoms with E-state index in [1.54, 1.807) is 37.4 Å². The Labute approximate surface area is 176 Å². The molecule has 6 nitrogen and oxygen atoms in total. The summed E-state index contributed by atoms with van der Waals surface area (Å²) in [4.78, 5) is 2.34. The van der Waals surface area contributed by atoms with Crippen molar-refractivity contribution in [1.82, 2.24) is 5.32 Å². The molecule has 3 rings (SSSR count). The molecule has 1 aliphatic heterocycles. The third-order valence-corrected chi connectivity index (χ3v) is 6.50. The second-order valence-electron chi connectivity index (χ2n) is 6.55. The number of halogens is 1. The Balaban J connectivity index is 1.99. The van der Waals surface area contributed by atoms with Gasteiger partial charge in [-0.25, -0.2) is 8.42 Å². The highest BCUT2D eigenvalue weighted by Crippen LogP contribution is 2.32. The summed E-state index contributed by atoms with van der Waals surface area (Å²) in [5.74, 6) is 0. The number of nitrogens with zero attached hydrogens (tertiary/aromatic N) is 1. The molecule has 0 amide bonds. The van der Waals surface area contributed by atoms with E-state index in [4.69, 9.17) is 23.8 Å². The largest absolute Gasteiger partial charge is 0.370 e. The molecule has 1 heterocycles. The van der Waals surface area contributed by atoms with Gasteiger partial charge in [-0.2, -0.15) is 0 Å². The van der Waals surface area contributed by atoms with E-state index in [0.29, 0.717) is 27.2 Å². The van der Waals surface area contributed by atoms with Gasteiger partial charge < -0.3 is 15.5 Å². The normalized spacial score (nSPS) is 14.4. The summed E-state index contributed by atoms with van der Waals surface area (Å²) in [5, 5.41) is 6.79. The van der Waals surface area contributed by atoms with Gasteiger partial charge in [0.15, 0.2) is 5.11 Å². The van der Waals surface area contributed by atoms with Crippen LogP contribution in [0.4, 0.5) is 17.1 Å². The van der Waals surface area contributed by atoms with Crippen LogP contribution in [0.1, 0.15) is 19.3 Å². The zero-order chi connectivity index (χ0) is 20.1. The molecule has 9 heteroatoms. The molecule has 28 heavy (non-hydrogen) atoms. The molecule has 0 aliphatic carbocycles. The van der Waals surface area contributed by atoms with E-state index in [-0.39, 0.29) is 4.90 Å². The summed E-state index contributed by atoms with van der Waals surface area (Å²) in [7, 11) is -2.10. The molecule has 0 saturated carbocycles. The molecule has 1 saturated heterocycles. The second-order valence-corrected chi connectivity index (χ2v) is 9.04. The lowest BCUT2D eigenvalue weighted by Crippen LogP contribution is -2.31. The molecular weight excluding hydrogens is 416 g/mol. The van der Waals surface area contributed by atoms with Crippen LogP contribution in [0.2, 0.25) is 5.02 Å². The fraction of sp³-hybridized carbons (Fsp3) is 0.316. The lowest BCUT2D eigenvalue weighted by atomic mass is 10.1. The first-order valence-corrected chi connectivity index (χ1v) is 11.3. The van der Waals surface area contributed by atoms with E-state index in [1.165, 1.54) is 0 Å². The Morgan fingerprint density at radius 2 is 1.68 bits per heavy atom. The monoisotopic (exact) mass is 438 g/mol. The summed E-state index contributed by atoms with van der Waals surface area (Å²) in [6, 6.07) is 11.9. The van der Waals surface area contributed by atoms with Crippen molar-refractivity contribution < 1.29 is 8.42 Å². The van der Waals surface area contributed by atoms with E-state index < -0.39 is 10.0 Å². The van der Waals surface area contributed by atoms with Gasteiger partial charge in [-0.05, 0) is 73.9 Å². The van der Waals surface area contributed by atoms with E-state index in [9.17, 15) is 8.42 Å². The maximum Gasteiger partial charge on any atom is 0.264 e. The number of sulfonamides is 1. The van der Waals surface area contributed by atoms with Gasteiger partial charge in [0.05, 0.1) is 5.69 Å². The van der Waals surface area contributed by atoms with E-state index in [1.807, 2.05) is 12.1 Å². The van der Waals surface area contributed by atoms with Crippen LogP contribution >= 0.6 is 23.8 Å². The maximum atomic E-state index is 13.2. The average Bonchev–Trinajstić information content (AvgIpc) is 2.70. The topological polar surface area (TPSA) is 73.5 Å². The van der Waals surface area contributed by atoms with Crippen molar-refractivity contribution >= 4 is 56.0 Å². The average molecular weight is 439 g/mol. The van der Waals surface area contributed by atoms with Gasteiger partial charge in [-0.15, -0.1) is 0 Å². The third-order valence-electron chi connectivity index (χ3n) is 4.53. The van der Waals surface area contributed by atoms with Crippen molar-refractivity contribution in [2.45, 2.75) is 24.2 Å². The van der Waals surface area contributed by atoms with Crippen molar-refractivity contribution in [2.24, 2.45) is 0 Å². The third kappa shape index (κ3) is 5.06. The molecule has 2 aromatic carbocycles. The standard InChI is InChI=1S/C19H23ClN4O2S2/c1-21-19(27)22-16-9-10-17(24-11-3-2-4-12-24)18(13-16)28(25,26)23-15-7-5-14(20)6-8-15/h5-10,13,23H,2-4,11-12H2,1H3,(H2,21,22,27). The first kappa shape index (κ1) is 20.7. The number of rotatable bonds is 5. The summed E-state index contributed by atoms with van der Waals surface area (Å²) < 4.78 is 29.1. The van der Waals surface area contributed by atoms with Gasteiger partial charge in [0, 0.05) is 36.5 Å². The Kier molecular flexibility index (Phi) is 6.64. The summed E-state index contributed by atoms with van der Waals surface area (Å²) in [6.45, 7) is 1.68. The van der Waals surface area contributed by atoms with E-state index in [0.717, 1.165) is 32.4 Å². The van der Waals surface area contributed by atoms with Crippen LogP contribution in [0.5, 0.6) is 0 Å². The molecule has 0 unspecified atom stereocenters. The highest BCUT2D eigenvalue weighted by molar-refractivity contribution is 7.93. The molecule has 2 aromatic rings. The van der Waals surface area contributed by atoms with Gasteiger partial charge >= 0.3 is 0 Å². The molecule has 0 aromatic heterocycles. The minimum absolute atomic E-state index is 0.216. The van der Waals surface area contributed by atoms with Crippen LogP contribution in [0.15, 0.2) is 47.4 Å². The second kappa shape index (κ2) is 8.98. The van der Waals surface area contributed by atoms with Gasteiger partial charge in [0.1, 0.15) is 4.90 Å². The van der Waals surface area contributed by atoms with Crippen molar-refractivity contribution in [2.75, 3.05) is 35.1 Å². The fourth-order valence-corrected chi connectivity index (χ4v) is 4.68. The zero-order valence-corrected chi connectivity index (χ0v) is 17.9. The smallest absolute Gasteiger partial charge is 0.264 e. The maximum absolute atomic E-state index is 13.2. The predicted octanol–water partition coefficient (Wildman–Crippen LogP) is 4.05. The fourth-order valence-electron chi connectivity index (χ4n) is 3.12. The Morgan fingerprint density at radius 3 is 2.32 bits per heavy atom. The van der Waals surface area contributed by atoms with Crippen LogP contribution in [-0.2, 0) is 10.0 Å². The van der Waals surface area contributed by atoms with Gasteiger partial charge in [0.25, 0.3) is 10.0 Å². The van der Waals surface area contributed by atoms with Crippen molar-refractivity contribution in [1.29, 1.82) is 0 Å². The SMILES string of the molecule is CNC(=S)Nc1ccc(N2CCCCC2)c(S(=O)(=O)Nc2ccc(Cl)cc2)c1. The summed E-state index contributed by atoms with van der Waals surface area (Å²) in [6.07, 6.45) is 3.26. The van der Waals surface area contributed by atoms with Crippen molar-refractivity contribution in [3.63, 3.8) is 0 Å². The molecule has 0 spiro atoms. The number of nitrogens with one attached hydrogen (secondary N) is 3. The van der Waals surface area contributed by atoms with Gasteiger partial charge in [-0.1, -0.05) is 11.6 Å². The van der Waals surface area contributed by atoms with Crippen LogP contribution < -0.4 is 20.3 Å². The Bertz CT molecular complexity index is 943. The molecular formula is C19H23ClN4O2S2. The van der Waals surface area contributed by atoms with E-state index >= 15 is 0 Å². The highest BCUT2D eigenvalue weighted by atomic mass is 35.5. The molecule has 0 radical (unpaired) electrons. The predicted molar refractivity (Wildman–Crippen MR) is 120 cm³/mol. The molecule has 150 valence electrons. The van der Waals surface area contributed by atoms with Crippen LogP contribution in [0, 0.1) is 0 Å². The van der Waals surface area contributed by atoms with Crippen molar-refractivity contribution in [3.05, 3.63) is 47.5 Å². The molecule has 3 N–H and O–H groups in total. The number of anilines is 3. The minimum atomic E-state index is -3.81. The number of benzene rings is 2. The molecule has 1 aliphatic rings. The Hall–Kier alpha value is -2.03. The minimum Gasteiger partial charge on any atom is -0.370 e. The van der Waals surface area contributed by atoms with Gasteiger partial charge in [0.2, 0.25) is 0 Å². The number of hydrogen-bond acceptors (Lipinski definition) is 4. The number of piperidine rings is 1. The van der Waals surface area contributed by atoms with Crippen LogP contribution in [0.3, 0.4) is 0 Å². The van der Waals surface area contributed by atoms with E-state index in [2.05, 4.69) is 20.3 Å². The van der Waals surface area contributed by atoms with Gasteiger partial charge in [-0.3, -0.25) is 4.72 Å². The quantitative estimate of drug-likeness (QED) is 0.611. The lowest BCUT2D eigenvalue weighted by molar-refractivity contribution is 0.571. The summed E-state index contributed by atoms with van der Waals surface area (Å²) in [5.41, 5.74) is 1.76. The number of hydrogen-bond donors (Lipinski definition) is 3. The number of thiocarbonyl (C=S) groups is 1. The first-order valence-electron chi connectivity index (χ1n) is 9.05. The lowest BCUT2D eigenvalue weighted by Gasteiger charge is -2.30. The molecule has 1 fully saturated rings. The molecule has 0 atom stereocenters. The zero-order valence-electron chi connectivity index (χ0n) is 15.5.